The van der Waals surface area contributed by atoms with Crippen molar-refractivity contribution >= 4 is 16.7 Å². The van der Waals surface area contributed by atoms with Gasteiger partial charge in [-0.3, -0.25) is 9.78 Å². The van der Waals surface area contributed by atoms with Crippen LogP contribution in [0.5, 0.6) is 5.75 Å². The maximum atomic E-state index is 10.6. The molecule has 0 aliphatic heterocycles. The first-order chi connectivity index (χ1) is 14.2. The average molecular weight is 397 g/mol. The Morgan fingerprint density at radius 2 is 1.79 bits per heavy atom. The number of fused-ring (bicyclic) bond motifs is 1. The monoisotopic (exact) mass is 396 g/mol. The smallest absolute Gasteiger partial charge is 0.304 e. The Morgan fingerprint density at radius 3 is 2.55 bits per heavy atom. The number of rotatable bonds is 8. The van der Waals surface area contributed by atoms with Gasteiger partial charge in [0.1, 0.15) is 5.75 Å². The fourth-order valence-corrected chi connectivity index (χ4v) is 5.05. The van der Waals surface area contributed by atoms with E-state index in [1.54, 1.807) is 0 Å². The average Bonchev–Trinajstić information content (AvgIpc) is 3.26. The van der Waals surface area contributed by atoms with Gasteiger partial charge in [0.05, 0.1) is 18.2 Å². The van der Waals surface area contributed by atoms with Crippen molar-refractivity contribution in [3.63, 3.8) is 0 Å². The van der Waals surface area contributed by atoms with Gasteiger partial charge < -0.3 is 15.2 Å². The van der Waals surface area contributed by atoms with E-state index in [-0.39, 0.29) is 6.42 Å². The van der Waals surface area contributed by atoms with Gasteiger partial charge >= 0.3 is 5.97 Å². The van der Waals surface area contributed by atoms with E-state index in [2.05, 4.69) is 34.6 Å². The molecule has 0 saturated heterocycles. The van der Waals surface area contributed by atoms with Crippen LogP contribution in [0.3, 0.4) is 0 Å². The van der Waals surface area contributed by atoms with Crippen molar-refractivity contribution in [3.8, 4) is 5.75 Å². The molecule has 1 aromatic carbocycles. The van der Waals surface area contributed by atoms with Crippen LogP contribution < -0.4 is 10.1 Å². The Bertz CT molecular complexity index is 824. The second-order valence-electron chi connectivity index (χ2n) is 8.70. The van der Waals surface area contributed by atoms with E-state index in [1.807, 2.05) is 6.20 Å². The fraction of sp³-hybridized carbons (Fsp3) is 0.583. The lowest BCUT2D eigenvalue weighted by atomic mass is 9.78. The molecule has 0 unspecified atom stereocenters. The van der Waals surface area contributed by atoms with E-state index in [4.69, 9.17) is 9.84 Å². The lowest BCUT2D eigenvalue weighted by molar-refractivity contribution is -0.136. The molecule has 29 heavy (non-hydrogen) atoms. The molecule has 1 aromatic heterocycles. The standard InChI is InChI=1S/C24H32N2O3/c27-24(28)11-12-25-16-21-13-19-7-10-23(14-20(19)15-26-21)29-22-8-5-18(6-9-22)17-3-1-2-4-17/h7,10,13-15,17-18,22,25H,1-6,8-9,11-12,16H2,(H,27,28). The molecule has 156 valence electrons. The highest BCUT2D eigenvalue weighted by Gasteiger charge is 2.30. The summed E-state index contributed by atoms with van der Waals surface area (Å²) in [5.74, 6) is 2.07. The zero-order valence-electron chi connectivity index (χ0n) is 17.1. The van der Waals surface area contributed by atoms with Crippen molar-refractivity contribution in [1.82, 2.24) is 10.3 Å². The number of pyridine rings is 1. The second kappa shape index (κ2) is 9.57. The van der Waals surface area contributed by atoms with Crippen molar-refractivity contribution in [2.24, 2.45) is 11.8 Å². The molecule has 0 bridgehead atoms. The first-order valence-corrected chi connectivity index (χ1v) is 11.2. The topological polar surface area (TPSA) is 71.5 Å². The van der Waals surface area contributed by atoms with E-state index >= 15 is 0 Å². The lowest BCUT2D eigenvalue weighted by Crippen LogP contribution is -2.27. The van der Waals surface area contributed by atoms with Crippen LogP contribution in [-0.2, 0) is 11.3 Å². The zero-order valence-corrected chi connectivity index (χ0v) is 17.1. The van der Waals surface area contributed by atoms with Gasteiger partial charge in [-0.05, 0) is 61.1 Å². The van der Waals surface area contributed by atoms with Crippen molar-refractivity contribution < 1.29 is 14.6 Å². The molecule has 2 saturated carbocycles. The number of nitrogens with zero attached hydrogens (tertiary/aromatic N) is 1. The number of hydrogen-bond donors (Lipinski definition) is 2. The van der Waals surface area contributed by atoms with Gasteiger partial charge in [0, 0.05) is 24.7 Å². The van der Waals surface area contributed by atoms with Crippen LogP contribution in [0, 0.1) is 11.8 Å². The Kier molecular flexibility index (Phi) is 6.65. The molecule has 2 fully saturated rings. The number of carboxylic acid groups (broad SMARTS) is 1. The SMILES string of the molecule is O=C(O)CCNCc1cc2ccc(OC3CCC(C4CCCC4)CC3)cc2cn1. The number of aliphatic carboxylic acids is 1. The molecular weight excluding hydrogens is 364 g/mol. The maximum absolute atomic E-state index is 10.6. The van der Waals surface area contributed by atoms with Crippen LogP contribution in [-0.4, -0.2) is 28.7 Å². The summed E-state index contributed by atoms with van der Waals surface area (Å²) in [6.45, 7) is 1.02. The summed E-state index contributed by atoms with van der Waals surface area (Å²) in [4.78, 5) is 15.1. The van der Waals surface area contributed by atoms with Crippen molar-refractivity contribution in [2.45, 2.75) is 70.4 Å². The minimum Gasteiger partial charge on any atom is -0.490 e. The number of benzene rings is 1. The Hall–Kier alpha value is -2.14. The van der Waals surface area contributed by atoms with E-state index in [9.17, 15) is 4.79 Å². The van der Waals surface area contributed by atoms with Crippen LogP contribution >= 0.6 is 0 Å². The zero-order chi connectivity index (χ0) is 20.1. The molecule has 0 spiro atoms. The van der Waals surface area contributed by atoms with E-state index < -0.39 is 5.97 Å². The summed E-state index contributed by atoms with van der Waals surface area (Å²) in [6.07, 6.45) is 13.1. The summed E-state index contributed by atoms with van der Waals surface area (Å²) in [7, 11) is 0. The third-order valence-corrected chi connectivity index (χ3v) is 6.66. The number of ether oxygens (including phenoxy) is 1. The lowest BCUT2D eigenvalue weighted by Gasteiger charge is -2.32. The predicted molar refractivity (Wildman–Crippen MR) is 114 cm³/mol. The van der Waals surface area contributed by atoms with E-state index in [1.165, 1.54) is 51.4 Å². The van der Waals surface area contributed by atoms with E-state index in [0.29, 0.717) is 19.2 Å². The Morgan fingerprint density at radius 1 is 1.03 bits per heavy atom. The number of aromatic nitrogens is 1. The van der Waals surface area contributed by atoms with Crippen LogP contribution in [0.15, 0.2) is 30.5 Å². The van der Waals surface area contributed by atoms with Gasteiger partial charge in [0.2, 0.25) is 0 Å². The summed E-state index contributed by atoms with van der Waals surface area (Å²) in [6, 6.07) is 8.30. The highest BCUT2D eigenvalue weighted by Crippen LogP contribution is 2.40. The Labute approximate surface area is 172 Å². The molecule has 2 N–H and O–H groups in total. The first kappa shape index (κ1) is 20.1. The molecule has 5 heteroatoms. The maximum Gasteiger partial charge on any atom is 0.304 e. The molecule has 1 heterocycles. The molecule has 4 rings (SSSR count). The molecular formula is C24H32N2O3. The highest BCUT2D eigenvalue weighted by atomic mass is 16.5. The van der Waals surface area contributed by atoms with Gasteiger partial charge in [-0.1, -0.05) is 31.7 Å². The minimum absolute atomic E-state index is 0.122. The van der Waals surface area contributed by atoms with Crippen molar-refractivity contribution in [2.75, 3.05) is 6.54 Å². The summed E-state index contributed by atoms with van der Waals surface area (Å²) >= 11 is 0. The number of carboxylic acids is 1. The van der Waals surface area contributed by atoms with Crippen LogP contribution in [0.4, 0.5) is 0 Å². The molecule has 2 aliphatic rings. The number of nitrogens with one attached hydrogen (secondary N) is 1. The number of hydrogen-bond acceptors (Lipinski definition) is 4. The van der Waals surface area contributed by atoms with Gasteiger partial charge in [-0.25, -0.2) is 0 Å². The fourth-order valence-electron chi connectivity index (χ4n) is 5.05. The van der Waals surface area contributed by atoms with Crippen molar-refractivity contribution in [1.29, 1.82) is 0 Å². The molecule has 0 amide bonds. The summed E-state index contributed by atoms with van der Waals surface area (Å²) in [5, 5.41) is 14.0. The second-order valence-corrected chi connectivity index (χ2v) is 8.70. The minimum atomic E-state index is -0.788. The highest BCUT2D eigenvalue weighted by molar-refractivity contribution is 5.83. The number of carbonyl (C=O) groups is 1. The van der Waals surface area contributed by atoms with Crippen molar-refractivity contribution in [3.05, 3.63) is 36.2 Å². The van der Waals surface area contributed by atoms with Gasteiger partial charge in [-0.2, -0.15) is 0 Å². The van der Waals surface area contributed by atoms with Crippen LogP contribution in [0.1, 0.15) is 63.5 Å². The predicted octanol–water partition coefficient (Wildman–Crippen LogP) is 4.93. The summed E-state index contributed by atoms with van der Waals surface area (Å²) < 4.78 is 6.31. The van der Waals surface area contributed by atoms with Gasteiger partial charge in [0.15, 0.2) is 0 Å². The molecule has 5 nitrogen and oxygen atoms in total. The van der Waals surface area contributed by atoms with E-state index in [0.717, 1.165) is 34.1 Å². The van der Waals surface area contributed by atoms with Crippen LogP contribution in [0.25, 0.3) is 10.8 Å². The Balaban J connectivity index is 1.29. The molecule has 2 aliphatic carbocycles. The normalized spacial score (nSPS) is 22.8. The third kappa shape index (κ3) is 5.47. The molecule has 0 atom stereocenters. The van der Waals surface area contributed by atoms with Gasteiger partial charge in [0.25, 0.3) is 0 Å². The third-order valence-electron chi connectivity index (χ3n) is 6.66. The first-order valence-electron chi connectivity index (χ1n) is 11.2. The summed E-state index contributed by atoms with van der Waals surface area (Å²) in [5.41, 5.74) is 0.918. The largest absolute Gasteiger partial charge is 0.490 e. The van der Waals surface area contributed by atoms with Gasteiger partial charge in [-0.15, -0.1) is 0 Å². The molecule has 0 radical (unpaired) electrons. The quantitative estimate of drug-likeness (QED) is 0.619. The molecule has 2 aromatic rings. The van der Waals surface area contributed by atoms with Crippen LogP contribution in [0.2, 0.25) is 0 Å².